The van der Waals surface area contributed by atoms with Gasteiger partial charge in [0.25, 0.3) is 0 Å². The largest absolute Gasteiger partial charge is 0.323 e. The number of pyridine rings is 1. The van der Waals surface area contributed by atoms with Gasteiger partial charge in [-0.1, -0.05) is 30.3 Å². The summed E-state index contributed by atoms with van der Waals surface area (Å²) in [5.74, 6) is -0.167. The Morgan fingerprint density at radius 2 is 1.90 bits per heavy atom. The van der Waals surface area contributed by atoms with Gasteiger partial charge in [0, 0.05) is 5.69 Å². The van der Waals surface area contributed by atoms with Crippen molar-refractivity contribution in [1.82, 2.24) is 4.98 Å². The summed E-state index contributed by atoms with van der Waals surface area (Å²) >= 11 is 0. The first-order chi connectivity index (χ1) is 10.1. The molecular weight excluding hydrogens is 262 g/mol. The summed E-state index contributed by atoms with van der Waals surface area (Å²) < 4.78 is 0. The normalized spacial score (nSPS) is 12.0. The van der Waals surface area contributed by atoms with Crippen LogP contribution in [0.25, 0.3) is 0 Å². The fourth-order valence-electron chi connectivity index (χ4n) is 2.14. The second-order valence-corrected chi connectivity index (χ2v) is 5.21. The van der Waals surface area contributed by atoms with Gasteiger partial charge in [0.15, 0.2) is 0 Å². The lowest BCUT2D eigenvalue weighted by molar-refractivity contribution is -0.117. The van der Waals surface area contributed by atoms with Gasteiger partial charge in [-0.15, -0.1) is 0 Å². The summed E-state index contributed by atoms with van der Waals surface area (Å²) in [5, 5.41) is 2.85. The molecule has 0 fully saturated rings. The summed E-state index contributed by atoms with van der Waals surface area (Å²) in [7, 11) is 0. The van der Waals surface area contributed by atoms with Gasteiger partial charge >= 0.3 is 0 Å². The van der Waals surface area contributed by atoms with E-state index in [2.05, 4.69) is 10.3 Å². The maximum atomic E-state index is 12.1. The van der Waals surface area contributed by atoms with E-state index in [0.29, 0.717) is 6.42 Å². The molecule has 0 saturated heterocycles. The number of aryl methyl sites for hydroxylation is 3. The van der Waals surface area contributed by atoms with Crippen LogP contribution in [0.1, 0.15) is 23.4 Å². The second kappa shape index (κ2) is 6.99. The smallest absolute Gasteiger partial charge is 0.241 e. The van der Waals surface area contributed by atoms with Crippen LogP contribution in [0.5, 0.6) is 0 Å². The maximum absolute atomic E-state index is 12.1. The number of nitrogens with zero attached hydrogens (tertiary/aromatic N) is 1. The minimum atomic E-state index is -0.522. The number of nitrogens with one attached hydrogen (secondary N) is 1. The highest BCUT2D eigenvalue weighted by Gasteiger charge is 2.14. The zero-order valence-corrected chi connectivity index (χ0v) is 12.5. The topological polar surface area (TPSA) is 68.0 Å². The van der Waals surface area contributed by atoms with E-state index in [1.165, 1.54) is 5.56 Å². The fourth-order valence-corrected chi connectivity index (χ4v) is 2.14. The van der Waals surface area contributed by atoms with Crippen molar-refractivity contribution < 1.29 is 4.79 Å². The lowest BCUT2D eigenvalue weighted by atomic mass is 10.1. The van der Waals surface area contributed by atoms with Crippen LogP contribution in [0, 0.1) is 13.8 Å². The minimum Gasteiger partial charge on any atom is -0.323 e. The number of hydrogen-bond acceptors (Lipinski definition) is 3. The Morgan fingerprint density at radius 3 is 2.57 bits per heavy atom. The molecule has 1 unspecified atom stereocenters. The van der Waals surface area contributed by atoms with E-state index in [0.717, 1.165) is 23.5 Å². The van der Waals surface area contributed by atoms with Crippen molar-refractivity contribution in [2.45, 2.75) is 32.7 Å². The average molecular weight is 283 g/mol. The molecule has 3 N–H and O–H groups in total. The molecule has 4 heteroatoms. The summed E-state index contributed by atoms with van der Waals surface area (Å²) in [6.07, 6.45) is 1.41. The van der Waals surface area contributed by atoms with Gasteiger partial charge in [0.2, 0.25) is 5.91 Å². The van der Waals surface area contributed by atoms with Crippen LogP contribution in [-0.2, 0) is 11.2 Å². The van der Waals surface area contributed by atoms with E-state index in [1.54, 1.807) is 0 Å². The molecule has 1 aromatic heterocycles. The average Bonchev–Trinajstić information content (AvgIpc) is 2.48. The first-order valence-corrected chi connectivity index (χ1v) is 7.11. The molecular formula is C17H21N3O. The number of nitrogens with two attached hydrogens (primary N) is 1. The van der Waals surface area contributed by atoms with Gasteiger partial charge in [0.1, 0.15) is 0 Å². The number of benzene rings is 1. The first-order valence-electron chi connectivity index (χ1n) is 7.11. The Hall–Kier alpha value is -2.20. The number of aromatic nitrogens is 1. The summed E-state index contributed by atoms with van der Waals surface area (Å²) in [6, 6.07) is 13.2. The van der Waals surface area contributed by atoms with Crippen LogP contribution >= 0.6 is 0 Å². The maximum Gasteiger partial charge on any atom is 0.241 e. The van der Waals surface area contributed by atoms with Gasteiger partial charge in [-0.25, -0.2) is 0 Å². The third-order valence-corrected chi connectivity index (χ3v) is 3.41. The zero-order chi connectivity index (χ0) is 15.2. The molecule has 0 aliphatic rings. The van der Waals surface area contributed by atoms with Crippen molar-refractivity contribution in [1.29, 1.82) is 0 Å². The Balaban J connectivity index is 1.90. The predicted molar refractivity (Wildman–Crippen MR) is 85.1 cm³/mol. The van der Waals surface area contributed by atoms with Crippen molar-refractivity contribution in [2.75, 3.05) is 5.32 Å². The third-order valence-electron chi connectivity index (χ3n) is 3.41. The van der Waals surface area contributed by atoms with Gasteiger partial charge in [-0.05, 0) is 44.4 Å². The number of amides is 1. The number of hydrogen-bond donors (Lipinski definition) is 2. The van der Waals surface area contributed by atoms with Crippen molar-refractivity contribution >= 4 is 11.6 Å². The number of carbonyl (C=O) groups excluding carboxylic acids is 1. The van der Waals surface area contributed by atoms with Crippen LogP contribution in [-0.4, -0.2) is 16.9 Å². The van der Waals surface area contributed by atoms with E-state index < -0.39 is 6.04 Å². The zero-order valence-electron chi connectivity index (χ0n) is 12.5. The van der Waals surface area contributed by atoms with Crippen LogP contribution in [0.4, 0.5) is 5.69 Å². The predicted octanol–water partition coefficient (Wildman–Crippen LogP) is 2.60. The minimum absolute atomic E-state index is 0.167. The number of carbonyl (C=O) groups is 1. The Morgan fingerprint density at radius 1 is 1.19 bits per heavy atom. The third kappa shape index (κ3) is 4.39. The van der Waals surface area contributed by atoms with Crippen molar-refractivity contribution in [3.8, 4) is 0 Å². The summed E-state index contributed by atoms with van der Waals surface area (Å²) in [4.78, 5) is 16.4. The molecule has 1 atom stereocenters. The molecule has 2 rings (SSSR count). The van der Waals surface area contributed by atoms with E-state index >= 15 is 0 Å². The Labute approximate surface area is 125 Å². The molecule has 110 valence electrons. The van der Waals surface area contributed by atoms with Crippen molar-refractivity contribution in [3.63, 3.8) is 0 Å². The molecule has 0 spiro atoms. The molecule has 0 aliphatic carbocycles. The van der Waals surface area contributed by atoms with E-state index in [1.807, 2.05) is 56.3 Å². The second-order valence-electron chi connectivity index (χ2n) is 5.21. The molecule has 0 saturated carbocycles. The fraction of sp³-hybridized carbons (Fsp3) is 0.294. The van der Waals surface area contributed by atoms with Crippen LogP contribution < -0.4 is 11.1 Å². The van der Waals surface area contributed by atoms with Gasteiger partial charge < -0.3 is 11.1 Å². The number of rotatable bonds is 5. The SMILES string of the molecule is Cc1ccc(NC(=O)C(N)CCc2ccccc2)c(C)n1. The molecule has 1 amide bonds. The van der Waals surface area contributed by atoms with Crippen molar-refractivity contribution in [3.05, 3.63) is 59.4 Å². The van der Waals surface area contributed by atoms with Gasteiger partial charge in [-0.2, -0.15) is 0 Å². The lowest BCUT2D eigenvalue weighted by Gasteiger charge is -2.13. The molecule has 0 aliphatic heterocycles. The molecule has 1 heterocycles. The summed E-state index contributed by atoms with van der Waals surface area (Å²) in [5.41, 5.74) is 9.61. The molecule has 2 aromatic rings. The van der Waals surface area contributed by atoms with Crippen LogP contribution in [0.2, 0.25) is 0 Å². The monoisotopic (exact) mass is 283 g/mol. The number of anilines is 1. The molecule has 0 radical (unpaired) electrons. The van der Waals surface area contributed by atoms with E-state index in [-0.39, 0.29) is 5.91 Å². The lowest BCUT2D eigenvalue weighted by Crippen LogP contribution is -2.36. The first kappa shape index (κ1) is 15.2. The van der Waals surface area contributed by atoms with Gasteiger partial charge in [0.05, 0.1) is 17.4 Å². The highest BCUT2D eigenvalue weighted by Crippen LogP contribution is 2.13. The quantitative estimate of drug-likeness (QED) is 0.886. The Bertz CT molecular complexity index is 611. The van der Waals surface area contributed by atoms with Crippen LogP contribution in [0.15, 0.2) is 42.5 Å². The molecule has 4 nitrogen and oxygen atoms in total. The summed E-state index contributed by atoms with van der Waals surface area (Å²) in [6.45, 7) is 3.79. The highest BCUT2D eigenvalue weighted by molar-refractivity contribution is 5.95. The Kier molecular flexibility index (Phi) is 5.06. The van der Waals surface area contributed by atoms with E-state index in [4.69, 9.17) is 5.73 Å². The molecule has 0 bridgehead atoms. The van der Waals surface area contributed by atoms with Crippen LogP contribution in [0.3, 0.4) is 0 Å². The molecule has 21 heavy (non-hydrogen) atoms. The van der Waals surface area contributed by atoms with E-state index in [9.17, 15) is 4.79 Å². The molecule has 1 aromatic carbocycles. The highest BCUT2D eigenvalue weighted by atomic mass is 16.2. The van der Waals surface area contributed by atoms with Gasteiger partial charge in [-0.3, -0.25) is 9.78 Å². The van der Waals surface area contributed by atoms with Crippen molar-refractivity contribution in [2.24, 2.45) is 5.73 Å². The standard InChI is InChI=1S/C17H21N3O/c1-12-8-11-16(13(2)19-12)20-17(21)15(18)10-9-14-6-4-3-5-7-14/h3-8,11,15H,9-10,18H2,1-2H3,(H,20,21).